The molecule has 1 aliphatic rings. The second-order valence-electron chi connectivity index (χ2n) is 6.07. The Balaban J connectivity index is 2.83. The maximum absolute atomic E-state index is 11.5. The van der Waals surface area contributed by atoms with Crippen LogP contribution >= 0.6 is 0 Å². The highest BCUT2D eigenvalue weighted by Gasteiger charge is 2.38. The number of hydrogen-bond acceptors (Lipinski definition) is 2. The molecule has 0 aromatic heterocycles. The molecule has 3 heteroatoms. The quantitative estimate of drug-likeness (QED) is 0.764. The lowest BCUT2D eigenvalue weighted by Gasteiger charge is -2.43. The first-order valence-corrected chi connectivity index (χ1v) is 8.03. The van der Waals surface area contributed by atoms with Gasteiger partial charge in [0.2, 0.25) is 0 Å². The topological polar surface area (TPSA) is 40.5 Å². The van der Waals surface area contributed by atoms with Gasteiger partial charge in [0.1, 0.15) is 0 Å². The van der Waals surface area contributed by atoms with Crippen LogP contribution < -0.4 is 0 Å². The molecule has 0 radical (unpaired) electrons. The second-order valence-corrected chi connectivity index (χ2v) is 6.07. The molecule has 1 aliphatic carbocycles. The van der Waals surface area contributed by atoms with Crippen molar-refractivity contribution in [1.82, 2.24) is 4.90 Å². The number of carboxylic acid groups (broad SMARTS) is 1. The third kappa shape index (κ3) is 4.20. The average Bonchev–Trinajstić information content (AvgIpc) is 2.39. The highest BCUT2D eigenvalue weighted by atomic mass is 16.4. The van der Waals surface area contributed by atoms with Crippen LogP contribution in [0.1, 0.15) is 66.2 Å². The van der Waals surface area contributed by atoms with Gasteiger partial charge in [-0.05, 0) is 45.1 Å². The minimum absolute atomic E-state index is 0.165. The zero-order chi connectivity index (χ0) is 14.4. The van der Waals surface area contributed by atoms with E-state index in [0.717, 1.165) is 38.1 Å². The second kappa shape index (κ2) is 7.88. The van der Waals surface area contributed by atoms with Crippen LogP contribution in [-0.4, -0.2) is 34.6 Å². The Morgan fingerprint density at radius 3 is 2.47 bits per heavy atom. The summed E-state index contributed by atoms with van der Waals surface area (Å²) in [6.45, 7) is 9.77. The van der Waals surface area contributed by atoms with Crippen molar-refractivity contribution in [1.29, 1.82) is 0 Å². The Morgan fingerprint density at radius 2 is 2.00 bits per heavy atom. The van der Waals surface area contributed by atoms with Gasteiger partial charge in [0, 0.05) is 12.1 Å². The van der Waals surface area contributed by atoms with Gasteiger partial charge in [-0.25, -0.2) is 0 Å². The van der Waals surface area contributed by atoms with Crippen molar-refractivity contribution >= 4 is 5.97 Å². The largest absolute Gasteiger partial charge is 0.481 e. The maximum atomic E-state index is 11.5. The van der Waals surface area contributed by atoms with Crippen molar-refractivity contribution in [2.24, 2.45) is 11.8 Å². The lowest BCUT2D eigenvalue weighted by Crippen LogP contribution is -2.50. The third-order valence-electron chi connectivity index (χ3n) is 4.89. The summed E-state index contributed by atoms with van der Waals surface area (Å²) in [6.07, 6.45) is 6.58. The number of aliphatic carboxylic acids is 1. The van der Waals surface area contributed by atoms with Crippen LogP contribution in [0.15, 0.2) is 0 Å². The summed E-state index contributed by atoms with van der Waals surface area (Å²) < 4.78 is 0. The van der Waals surface area contributed by atoms with Gasteiger partial charge in [-0.3, -0.25) is 9.69 Å². The fraction of sp³-hybridized carbons (Fsp3) is 0.938. The monoisotopic (exact) mass is 269 g/mol. The predicted octanol–water partition coefficient (Wildman–Crippen LogP) is 3.78. The zero-order valence-corrected chi connectivity index (χ0v) is 13.1. The van der Waals surface area contributed by atoms with Crippen molar-refractivity contribution in [3.8, 4) is 0 Å². The van der Waals surface area contributed by atoms with Gasteiger partial charge in [-0.2, -0.15) is 0 Å². The first kappa shape index (κ1) is 16.5. The number of hydrogen-bond donors (Lipinski definition) is 1. The smallest absolute Gasteiger partial charge is 0.308 e. The van der Waals surface area contributed by atoms with Gasteiger partial charge in [-0.15, -0.1) is 0 Å². The van der Waals surface area contributed by atoms with Gasteiger partial charge >= 0.3 is 5.97 Å². The van der Waals surface area contributed by atoms with Gasteiger partial charge in [0.15, 0.2) is 0 Å². The summed E-state index contributed by atoms with van der Waals surface area (Å²) in [5, 5.41) is 9.50. The molecule has 0 aromatic rings. The van der Waals surface area contributed by atoms with E-state index in [-0.39, 0.29) is 12.0 Å². The molecule has 1 rings (SSSR count). The summed E-state index contributed by atoms with van der Waals surface area (Å²) in [5.74, 6) is -0.0348. The van der Waals surface area contributed by atoms with Crippen LogP contribution in [-0.2, 0) is 4.79 Å². The summed E-state index contributed by atoms with van der Waals surface area (Å²) >= 11 is 0. The van der Waals surface area contributed by atoms with Crippen molar-refractivity contribution in [3.63, 3.8) is 0 Å². The van der Waals surface area contributed by atoms with Crippen LogP contribution in [0.5, 0.6) is 0 Å². The molecule has 4 unspecified atom stereocenters. The van der Waals surface area contributed by atoms with E-state index in [1.807, 2.05) is 0 Å². The number of carboxylic acids is 1. The highest BCUT2D eigenvalue weighted by Crippen LogP contribution is 2.36. The molecule has 112 valence electrons. The van der Waals surface area contributed by atoms with E-state index in [0.29, 0.717) is 6.04 Å². The Labute approximate surface area is 118 Å². The molecule has 0 aliphatic heterocycles. The molecule has 0 bridgehead atoms. The van der Waals surface area contributed by atoms with E-state index in [1.54, 1.807) is 0 Å². The molecule has 1 N–H and O–H groups in total. The Bertz CT molecular complexity index is 280. The van der Waals surface area contributed by atoms with Crippen LogP contribution in [0.2, 0.25) is 0 Å². The number of rotatable bonds is 7. The Kier molecular flexibility index (Phi) is 6.84. The molecule has 0 aromatic carbocycles. The Morgan fingerprint density at radius 1 is 1.32 bits per heavy atom. The van der Waals surface area contributed by atoms with E-state index in [9.17, 15) is 9.90 Å². The molecule has 4 atom stereocenters. The summed E-state index contributed by atoms with van der Waals surface area (Å²) in [5.41, 5.74) is 0. The van der Waals surface area contributed by atoms with Crippen LogP contribution in [0, 0.1) is 11.8 Å². The number of carbonyl (C=O) groups is 1. The average molecular weight is 269 g/mol. The van der Waals surface area contributed by atoms with Crippen molar-refractivity contribution in [2.45, 2.75) is 78.3 Å². The minimum Gasteiger partial charge on any atom is -0.481 e. The SMILES string of the molecule is CCCC1CCC(C(=O)O)C(N(CC)C(C)CC)C1. The van der Waals surface area contributed by atoms with Crippen molar-refractivity contribution < 1.29 is 9.90 Å². The van der Waals surface area contributed by atoms with Crippen LogP contribution in [0.25, 0.3) is 0 Å². The van der Waals surface area contributed by atoms with Gasteiger partial charge in [0.05, 0.1) is 5.92 Å². The van der Waals surface area contributed by atoms with E-state index >= 15 is 0 Å². The lowest BCUT2D eigenvalue weighted by molar-refractivity contribution is -0.146. The summed E-state index contributed by atoms with van der Waals surface area (Å²) in [7, 11) is 0. The molecule has 3 nitrogen and oxygen atoms in total. The van der Waals surface area contributed by atoms with Crippen molar-refractivity contribution in [3.05, 3.63) is 0 Å². The molecule has 0 amide bonds. The van der Waals surface area contributed by atoms with Crippen LogP contribution in [0.3, 0.4) is 0 Å². The molecular weight excluding hydrogens is 238 g/mol. The fourth-order valence-corrected chi connectivity index (χ4v) is 3.66. The fourth-order valence-electron chi connectivity index (χ4n) is 3.66. The molecule has 0 saturated heterocycles. The van der Waals surface area contributed by atoms with Gasteiger partial charge < -0.3 is 5.11 Å². The molecular formula is C16H31NO2. The predicted molar refractivity (Wildman–Crippen MR) is 79.3 cm³/mol. The minimum atomic E-state index is -0.596. The normalized spacial score (nSPS) is 29.4. The summed E-state index contributed by atoms with van der Waals surface area (Å²) in [6, 6.07) is 0.722. The van der Waals surface area contributed by atoms with Crippen LogP contribution in [0.4, 0.5) is 0 Å². The standard InChI is InChI=1S/C16H31NO2/c1-5-8-13-9-10-14(16(18)19)15(11-13)17(7-3)12(4)6-2/h12-15H,5-11H2,1-4H3,(H,18,19). The summed E-state index contributed by atoms with van der Waals surface area (Å²) in [4.78, 5) is 14.0. The third-order valence-corrected chi connectivity index (χ3v) is 4.89. The van der Waals surface area contributed by atoms with Gasteiger partial charge in [0.25, 0.3) is 0 Å². The zero-order valence-electron chi connectivity index (χ0n) is 13.1. The van der Waals surface area contributed by atoms with E-state index in [2.05, 4.69) is 32.6 Å². The maximum Gasteiger partial charge on any atom is 0.308 e. The lowest BCUT2D eigenvalue weighted by atomic mass is 9.75. The molecule has 19 heavy (non-hydrogen) atoms. The van der Waals surface area contributed by atoms with Gasteiger partial charge in [-0.1, -0.05) is 33.6 Å². The van der Waals surface area contributed by atoms with E-state index in [4.69, 9.17) is 0 Å². The van der Waals surface area contributed by atoms with E-state index < -0.39 is 5.97 Å². The number of nitrogens with zero attached hydrogens (tertiary/aromatic N) is 1. The molecule has 1 fully saturated rings. The molecule has 1 saturated carbocycles. The highest BCUT2D eigenvalue weighted by molar-refractivity contribution is 5.71. The van der Waals surface area contributed by atoms with E-state index in [1.165, 1.54) is 12.8 Å². The first-order chi connectivity index (χ1) is 9.04. The van der Waals surface area contributed by atoms with Crippen molar-refractivity contribution in [2.75, 3.05) is 6.54 Å². The Hall–Kier alpha value is -0.570. The first-order valence-electron chi connectivity index (χ1n) is 8.03. The molecule has 0 heterocycles. The molecule has 0 spiro atoms.